The van der Waals surface area contributed by atoms with Gasteiger partial charge in [-0.2, -0.15) is 4.98 Å². The van der Waals surface area contributed by atoms with Crippen molar-refractivity contribution < 1.29 is 9.53 Å². The summed E-state index contributed by atoms with van der Waals surface area (Å²) in [4.78, 5) is 26.8. The number of allylic oxidation sites excluding steroid dienone is 1. The largest absolute Gasteiger partial charge is 0.463 e. The standard InChI is InChI=1S/C22H19N7O2/c1-13-19(20(23)30)31-14(2)29(13)18-8-16(9-24-11-18)21-26-22-25-10-17(12-28(22)27-21)15-6-4-3-5-7-15/h3-12,14H,1-2H3,(H2,23,30). The third kappa shape index (κ3) is 3.25. The Morgan fingerprint density at radius 1 is 1.10 bits per heavy atom. The molecule has 0 saturated heterocycles. The molecule has 4 heterocycles. The lowest BCUT2D eigenvalue weighted by Crippen LogP contribution is -2.27. The summed E-state index contributed by atoms with van der Waals surface area (Å²) < 4.78 is 7.26. The molecule has 1 unspecified atom stereocenters. The summed E-state index contributed by atoms with van der Waals surface area (Å²) in [6, 6.07) is 11.9. The zero-order valence-electron chi connectivity index (χ0n) is 16.9. The number of hydrogen-bond acceptors (Lipinski definition) is 7. The summed E-state index contributed by atoms with van der Waals surface area (Å²) in [7, 11) is 0. The SMILES string of the molecule is CC1=C(C(N)=O)OC(C)N1c1cncc(-c2nc3ncc(-c4ccccc4)cn3n2)c1. The van der Waals surface area contributed by atoms with Crippen molar-refractivity contribution in [3.8, 4) is 22.5 Å². The second kappa shape index (κ2) is 7.21. The van der Waals surface area contributed by atoms with Crippen molar-refractivity contribution in [2.45, 2.75) is 20.1 Å². The number of aromatic nitrogens is 5. The van der Waals surface area contributed by atoms with Gasteiger partial charge >= 0.3 is 0 Å². The van der Waals surface area contributed by atoms with Gasteiger partial charge < -0.3 is 15.4 Å². The van der Waals surface area contributed by atoms with Crippen LogP contribution in [-0.4, -0.2) is 36.7 Å². The van der Waals surface area contributed by atoms with E-state index in [9.17, 15) is 4.79 Å². The second-order valence-electron chi connectivity index (χ2n) is 7.19. The van der Waals surface area contributed by atoms with Gasteiger partial charge in [0.15, 0.2) is 12.1 Å². The van der Waals surface area contributed by atoms with Crippen LogP contribution >= 0.6 is 0 Å². The van der Waals surface area contributed by atoms with E-state index in [1.54, 1.807) is 30.0 Å². The lowest BCUT2D eigenvalue weighted by Gasteiger charge is -2.23. The zero-order valence-corrected chi connectivity index (χ0v) is 16.9. The normalized spacial score (nSPS) is 16.1. The average molecular weight is 413 g/mol. The Morgan fingerprint density at radius 3 is 2.65 bits per heavy atom. The molecule has 0 spiro atoms. The van der Waals surface area contributed by atoms with Crippen LogP contribution < -0.4 is 10.6 Å². The maximum absolute atomic E-state index is 11.6. The molecule has 2 N–H and O–H groups in total. The van der Waals surface area contributed by atoms with Crippen molar-refractivity contribution in [2.75, 3.05) is 4.90 Å². The van der Waals surface area contributed by atoms with Crippen molar-refractivity contribution in [1.29, 1.82) is 0 Å². The Labute approximate surface area is 177 Å². The third-order valence-corrected chi connectivity index (χ3v) is 5.13. The highest BCUT2D eigenvalue weighted by molar-refractivity contribution is 5.92. The highest BCUT2D eigenvalue weighted by Gasteiger charge is 2.32. The molecule has 0 fully saturated rings. The first-order valence-electron chi connectivity index (χ1n) is 9.71. The van der Waals surface area contributed by atoms with Crippen molar-refractivity contribution >= 4 is 17.4 Å². The summed E-state index contributed by atoms with van der Waals surface area (Å²) in [5.41, 5.74) is 9.51. The number of carbonyl (C=O) groups excluding carboxylic acids is 1. The highest BCUT2D eigenvalue weighted by Crippen LogP contribution is 2.32. The summed E-state index contributed by atoms with van der Waals surface area (Å²) in [6.07, 6.45) is 6.67. The minimum absolute atomic E-state index is 0.154. The maximum Gasteiger partial charge on any atom is 0.285 e. The topological polar surface area (TPSA) is 112 Å². The van der Waals surface area contributed by atoms with Gasteiger partial charge in [-0.3, -0.25) is 9.78 Å². The van der Waals surface area contributed by atoms with Gasteiger partial charge in [-0.05, 0) is 25.5 Å². The fourth-order valence-electron chi connectivity index (χ4n) is 3.70. The molecule has 0 bridgehead atoms. The van der Waals surface area contributed by atoms with E-state index in [0.717, 1.165) is 22.4 Å². The van der Waals surface area contributed by atoms with Crippen LogP contribution in [0.25, 0.3) is 28.3 Å². The summed E-state index contributed by atoms with van der Waals surface area (Å²) in [5.74, 6) is 0.543. The highest BCUT2D eigenvalue weighted by atomic mass is 16.5. The third-order valence-electron chi connectivity index (χ3n) is 5.13. The fourth-order valence-corrected chi connectivity index (χ4v) is 3.70. The van der Waals surface area contributed by atoms with E-state index in [2.05, 4.69) is 20.1 Å². The van der Waals surface area contributed by atoms with E-state index < -0.39 is 5.91 Å². The smallest absolute Gasteiger partial charge is 0.285 e. The molecule has 3 aromatic heterocycles. The second-order valence-corrected chi connectivity index (χ2v) is 7.19. The number of nitrogens with two attached hydrogens (primary N) is 1. The number of nitrogens with zero attached hydrogens (tertiary/aromatic N) is 6. The van der Waals surface area contributed by atoms with E-state index in [-0.39, 0.29) is 12.0 Å². The number of carbonyl (C=O) groups is 1. The number of ether oxygens (including phenoxy) is 1. The molecule has 5 rings (SSSR count). The van der Waals surface area contributed by atoms with Gasteiger partial charge in [-0.1, -0.05) is 30.3 Å². The Kier molecular flexibility index (Phi) is 4.36. The number of pyridine rings is 1. The number of fused-ring (bicyclic) bond motifs is 1. The molecule has 1 amide bonds. The molecular formula is C22H19N7O2. The number of benzene rings is 1. The summed E-state index contributed by atoms with van der Waals surface area (Å²) in [6.45, 7) is 3.62. The minimum Gasteiger partial charge on any atom is -0.463 e. The van der Waals surface area contributed by atoms with E-state index in [1.807, 2.05) is 54.4 Å². The number of hydrogen-bond donors (Lipinski definition) is 1. The number of amides is 1. The lowest BCUT2D eigenvalue weighted by atomic mass is 10.1. The van der Waals surface area contributed by atoms with Crippen LogP contribution in [0.3, 0.4) is 0 Å². The molecule has 154 valence electrons. The van der Waals surface area contributed by atoms with Gasteiger partial charge in [0.1, 0.15) is 0 Å². The predicted molar refractivity (Wildman–Crippen MR) is 114 cm³/mol. The van der Waals surface area contributed by atoms with Crippen molar-refractivity contribution in [1.82, 2.24) is 24.6 Å². The monoisotopic (exact) mass is 413 g/mol. The van der Waals surface area contributed by atoms with Crippen LogP contribution in [-0.2, 0) is 9.53 Å². The van der Waals surface area contributed by atoms with Crippen LogP contribution in [0.15, 0.2) is 72.6 Å². The first-order valence-corrected chi connectivity index (χ1v) is 9.71. The van der Waals surface area contributed by atoms with Crippen molar-refractivity contribution in [3.05, 3.63) is 72.6 Å². The molecule has 9 nitrogen and oxygen atoms in total. The van der Waals surface area contributed by atoms with Gasteiger partial charge in [-0.15, -0.1) is 5.10 Å². The summed E-state index contributed by atoms with van der Waals surface area (Å²) >= 11 is 0. The van der Waals surface area contributed by atoms with Gasteiger partial charge in [0.25, 0.3) is 11.7 Å². The van der Waals surface area contributed by atoms with E-state index in [1.165, 1.54) is 0 Å². The van der Waals surface area contributed by atoms with E-state index >= 15 is 0 Å². The Bertz CT molecular complexity index is 1330. The Balaban J connectivity index is 1.52. The van der Waals surface area contributed by atoms with Crippen LogP contribution in [0, 0.1) is 0 Å². The Morgan fingerprint density at radius 2 is 1.90 bits per heavy atom. The first kappa shape index (κ1) is 18.7. The summed E-state index contributed by atoms with van der Waals surface area (Å²) in [5, 5.41) is 4.59. The van der Waals surface area contributed by atoms with E-state index in [0.29, 0.717) is 17.3 Å². The van der Waals surface area contributed by atoms with Gasteiger partial charge in [-0.25, -0.2) is 9.50 Å². The zero-order chi connectivity index (χ0) is 21.5. The lowest BCUT2D eigenvalue weighted by molar-refractivity contribution is -0.118. The molecule has 31 heavy (non-hydrogen) atoms. The molecule has 1 aliphatic rings. The molecule has 0 radical (unpaired) electrons. The number of primary amides is 1. The molecule has 4 aromatic rings. The van der Waals surface area contributed by atoms with E-state index in [4.69, 9.17) is 10.5 Å². The van der Waals surface area contributed by atoms with Crippen molar-refractivity contribution in [3.63, 3.8) is 0 Å². The molecule has 9 heteroatoms. The molecular weight excluding hydrogens is 394 g/mol. The maximum atomic E-state index is 11.6. The molecule has 1 atom stereocenters. The quantitative estimate of drug-likeness (QED) is 0.547. The minimum atomic E-state index is -0.599. The number of rotatable bonds is 4. The molecule has 0 saturated carbocycles. The average Bonchev–Trinajstić information content (AvgIpc) is 3.34. The Hall–Kier alpha value is -4.27. The van der Waals surface area contributed by atoms with Gasteiger partial charge in [0.2, 0.25) is 5.76 Å². The van der Waals surface area contributed by atoms with Crippen LogP contribution in [0.2, 0.25) is 0 Å². The van der Waals surface area contributed by atoms with Crippen molar-refractivity contribution in [2.24, 2.45) is 5.73 Å². The molecule has 1 aromatic carbocycles. The first-order chi connectivity index (χ1) is 15.0. The predicted octanol–water partition coefficient (Wildman–Crippen LogP) is 2.75. The van der Waals surface area contributed by atoms with Crippen LogP contribution in [0.4, 0.5) is 5.69 Å². The molecule has 1 aliphatic heterocycles. The van der Waals surface area contributed by atoms with Gasteiger partial charge in [0.05, 0.1) is 17.6 Å². The number of anilines is 1. The van der Waals surface area contributed by atoms with Crippen LogP contribution in [0.5, 0.6) is 0 Å². The van der Waals surface area contributed by atoms with Gasteiger partial charge in [0, 0.05) is 29.7 Å². The molecule has 0 aliphatic carbocycles. The van der Waals surface area contributed by atoms with Crippen LogP contribution in [0.1, 0.15) is 13.8 Å². The fraction of sp³-hybridized carbons (Fsp3) is 0.136.